The van der Waals surface area contributed by atoms with E-state index in [0.717, 1.165) is 32.4 Å². The fourth-order valence-corrected chi connectivity index (χ4v) is 2.75. The van der Waals surface area contributed by atoms with Crippen molar-refractivity contribution in [1.29, 1.82) is 0 Å². The average Bonchev–Trinajstić information content (AvgIpc) is 2.30. The zero-order valence-corrected chi connectivity index (χ0v) is 10.3. The number of aliphatic hydroxyl groups is 1. The van der Waals surface area contributed by atoms with E-state index in [4.69, 9.17) is 9.47 Å². The molecule has 0 amide bonds. The Kier molecular flexibility index (Phi) is 3.85. The Morgan fingerprint density at radius 2 is 2.31 bits per heavy atom. The zero-order valence-electron chi connectivity index (χ0n) is 10.3. The third-order valence-electron chi connectivity index (χ3n) is 3.94. The van der Waals surface area contributed by atoms with Crippen LogP contribution in [0, 0.1) is 0 Å². The van der Waals surface area contributed by atoms with Gasteiger partial charge >= 0.3 is 0 Å². The Hall–Kier alpha value is -0.160. The van der Waals surface area contributed by atoms with E-state index in [2.05, 4.69) is 11.8 Å². The molecule has 0 aromatic heterocycles. The van der Waals surface area contributed by atoms with Crippen molar-refractivity contribution in [3.63, 3.8) is 0 Å². The SMILES string of the molecule is COC1(C)CCCN(C2COCCC2O)C1. The second kappa shape index (κ2) is 5.00. The van der Waals surface area contributed by atoms with Crippen LogP contribution in [0.4, 0.5) is 0 Å². The van der Waals surface area contributed by atoms with Crippen LogP contribution in [0.25, 0.3) is 0 Å². The molecule has 2 aliphatic rings. The van der Waals surface area contributed by atoms with Crippen LogP contribution in [0.5, 0.6) is 0 Å². The van der Waals surface area contributed by atoms with Crippen molar-refractivity contribution in [1.82, 2.24) is 4.90 Å². The lowest BCUT2D eigenvalue weighted by Gasteiger charge is -2.45. The fourth-order valence-electron chi connectivity index (χ4n) is 2.75. The molecule has 2 heterocycles. The summed E-state index contributed by atoms with van der Waals surface area (Å²) in [5.74, 6) is 0. The molecule has 0 aromatic rings. The molecule has 4 heteroatoms. The maximum absolute atomic E-state index is 10.0. The van der Waals surface area contributed by atoms with Gasteiger partial charge in [-0.2, -0.15) is 0 Å². The molecule has 2 aliphatic heterocycles. The van der Waals surface area contributed by atoms with Crippen LogP contribution in [0.3, 0.4) is 0 Å². The maximum Gasteiger partial charge on any atom is 0.0777 e. The summed E-state index contributed by atoms with van der Waals surface area (Å²) in [4.78, 5) is 2.33. The van der Waals surface area contributed by atoms with Crippen molar-refractivity contribution in [2.24, 2.45) is 0 Å². The summed E-state index contributed by atoms with van der Waals surface area (Å²) >= 11 is 0. The Morgan fingerprint density at radius 1 is 1.50 bits per heavy atom. The number of rotatable bonds is 2. The summed E-state index contributed by atoms with van der Waals surface area (Å²) in [6.07, 6.45) is 2.75. The zero-order chi connectivity index (χ0) is 11.6. The molecule has 94 valence electrons. The highest BCUT2D eigenvalue weighted by Gasteiger charge is 2.37. The standard InChI is InChI=1S/C12H23NO3/c1-12(15-2)5-3-6-13(9-12)10-8-16-7-4-11(10)14/h10-11,14H,3-9H2,1-2H3. The van der Waals surface area contributed by atoms with Gasteiger partial charge in [-0.15, -0.1) is 0 Å². The van der Waals surface area contributed by atoms with Gasteiger partial charge in [0, 0.05) is 20.3 Å². The van der Waals surface area contributed by atoms with E-state index >= 15 is 0 Å². The van der Waals surface area contributed by atoms with Gasteiger partial charge in [0.05, 0.1) is 24.4 Å². The molecule has 4 nitrogen and oxygen atoms in total. The Balaban J connectivity index is 1.97. The van der Waals surface area contributed by atoms with Crippen LogP contribution >= 0.6 is 0 Å². The van der Waals surface area contributed by atoms with Crippen molar-refractivity contribution in [3.05, 3.63) is 0 Å². The van der Waals surface area contributed by atoms with Crippen molar-refractivity contribution in [2.45, 2.75) is 43.9 Å². The summed E-state index contributed by atoms with van der Waals surface area (Å²) in [5.41, 5.74) is -0.0601. The molecule has 0 spiro atoms. The van der Waals surface area contributed by atoms with Crippen molar-refractivity contribution < 1.29 is 14.6 Å². The molecule has 0 aliphatic carbocycles. The predicted octanol–water partition coefficient (Wildman–Crippen LogP) is 0.637. The molecule has 0 saturated carbocycles. The second-order valence-corrected chi connectivity index (χ2v) is 5.23. The third-order valence-corrected chi connectivity index (χ3v) is 3.94. The van der Waals surface area contributed by atoms with Crippen LogP contribution in [0.2, 0.25) is 0 Å². The van der Waals surface area contributed by atoms with Crippen molar-refractivity contribution in [3.8, 4) is 0 Å². The van der Waals surface area contributed by atoms with Gasteiger partial charge in [-0.3, -0.25) is 4.90 Å². The lowest BCUT2D eigenvalue weighted by Crippen LogP contribution is -2.57. The molecular weight excluding hydrogens is 206 g/mol. The van der Waals surface area contributed by atoms with Gasteiger partial charge in [0.2, 0.25) is 0 Å². The number of hydrogen-bond acceptors (Lipinski definition) is 4. The van der Waals surface area contributed by atoms with E-state index in [1.165, 1.54) is 0 Å². The molecule has 0 bridgehead atoms. The quantitative estimate of drug-likeness (QED) is 0.754. The van der Waals surface area contributed by atoms with E-state index in [-0.39, 0.29) is 17.7 Å². The highest BCUT2D eigenvalue weighted by molar-refractivity contribution is 4.91. The molecule has 2 saturated heterocycles. The molecule has 1 N–H and O–H groups in total. The van der Waals surface area contributed by atoms with Crippen LogP contribution in [0.15, 0.2) is 0 Å². The van der Waals surface area contributed by atoms with Crippen LogP contribution in [-0.2, 0) is 9.47 Å². The molecule has 0 radical (unpaired) electrons. The van der Waals surface area contributed by atoms with Gasteiger partial charge in [-0.25, -0.2) is 0 Å². The van der Waals surface area contributed by atoms with Crippen molar-refractivity contribution in [2.75, 3.05) is 33.4 Å². The second-order valence-electron chi connectivity index (χ2n) is 5.23. The normalized spacial score (nSPS) is 42.2. The summed E-state index contributed by atoms with van der Waals surface area (Å²) in [5, 5.41) is 10.0. The number of nitrogens with zero attached hydrogens (tertiary/aromatic N) is 1. The van der Waals surface area contributed by atoms with Gasteiger partial charge < -0.3 is 14.6 Å². The largest absolute Gasteiger partial charge is 0.391 e. The number of ether oxygens (including phenoxy) is 2. The number of aliphatic hydroxyl groups excluding tert-OH is 1. The Morgan fingerprint density at radius 3 is 3.00 bits per heavy atom. The van der Waals surface area contributed by atoms with Crippen LogP contribution < -0.4 is 0 Å². The van der Waals surface area contributed by atoms with Gasteiger partial charge in [0.1, 0.15) is 0 Å². The van der Waals surface area contributed by atoms with Gasteiger partial charge in [-0.05, 0) is 32.7 Å². The minimum Gasteiger partial charge on any atom is -0.391 e. The lowest BCUT2D eigenvalue weighted by atomic mass is 9.92. The minimum atomic E-state index is -0.243. The number of methoxy groups -OCH3 is 1. The van der Waals surface area contributed by atoms with E-state index < -0.39 is 0 Å². The maximum atomic E-state index is 10.0. The molecule has 0 aromatic carbocycles. The first-order valence-corrected chi connectivity index (χ1v) is 6.20. The highest BCUT2D eigenvalue weighted by Crippen LogP contribution is 2.27. The first kappa shape index (κ1) is 12.3. The highest BCUT2D eigenvalue weighted by atomic mass is 16.5. The van der Waals surface area contributed by atoms with E-state index in [1.54, 1.807) is 7.11 Å². The predicted molar refractivity (Wildman–Crippen MR) is 61.5 cm³/mol. The summed E-state index contributed by atoms with van der Waals surface area (Å²) in [6, 6.07) is 0.156. The third kappa shape index (κ3) is 2.56. The van der Waals surface area contributed by atoms with Crippen LogP contribution in [0.1, 0.15) is 26.2 Å². The van der Waals surface area contributed by atoms with Crippen molar-refractivity contribution >= 4 is 0 Å². The smallest absolute Gasteiger partial charge is 0.0777 e. The number of likely N-dealkylation sites (tertiary alicyclic amines) is 1. The summed E-state index contributed by atoms with van der Waals surface area (Å²) in [6.45, 7) is 5.43. The fraction of sp³-hybridized carbons (Fsp3) is 1.00. The van der Waals surface area contributed by atoms with Gasteiger partial charge in [0.25, 0.3) is 0 Å². The van der Waals surface area contributed by atoms with E-state index in [0.29, 0.717) is 13.2 Å². The molecule has 3 atom stereocenters. The topological polar surface area (TPSA) is 41.9 Å². The monoisotopic (exact) mass is 229 g/mol. The average molecular weight is 229 g/mol. The Bertz CT molecular complexity index is 236. The Labute approximate surface area is 97.5 Å². The summed E-state index contributed by atoms with van der Waals surface area (Å²) < 4.78 is 11.0. The first-order valence-electron chi connectivity index (χ1n) is 6.20. The van der Waals surface area contributed by atoms with Gasteiger partial charge in [0.15, 0.2) is 0 Å². The molecule has 3 unspecified atom stereocenters. The summed E-state index contributed by atoms with van der Waals surface area (Å²) in [7, 11) is 1.78. The molecule has 2 rings (SSSR count). The van der Waals surface area contributed by atoms with E-state index in [1.807, 2.05) is 0 Å². The van der Waals surface area contributed by atoms with Gasteiger partial charge in [-0.1, -0.05) is 0 Å². The number of hydrogen-bond donors (Lipinski definition) is 1. The van der Waals surface area contributed by atoms with E-state index in [9.17, 15) is 5.11 Å². The molecule has 16 heavy (non-hydrogen) atoms. The van der Waals surface area contributed by atoms with Crippen LogP contribution in [-0.4, -0.2) is 61.2 Å². The number of piperidine rings is 1. The molecular formula is C12H23NO3. The molecule has 2 fully saturated rings. The first-order chi connectivity index (χ1) is 7.64. The lowest BCUT2D eigenvalue weighted by molar-refractivity contribution is -0.110. The minimum absolute atomic E-state index is 0.0601.